The molecule has 0 saturated carbocycles. The van der Waals surface area contributed by atoms with Crippen LogP contribution in [0.15, 0.2) is 18.3 Å². The fraction of sp³-hybridized carbons (Fsp3) is 0. The van der Waals surface area contributed by atoms with Crippen molar-refractivity contribution in [1.82, 2.24) is 9.97 Å². The van der Waals surface area contributed by atoms with Crippen LogP contribution in [0.4, 0.5) is 19.0 Å². The summed E-state index contributed by atoms with van der Waals surface area (Å²) < 4.78 is 38.9. The summed E-state index contributed by atoms with van der Waals surface area (Å²) in [6.45, 7) is 0. The quantitative estimate of drug-likeness (QED) is 0.801. The van der Waals surface area contributed by atoms with Crippen molar-refractivity contribution in [2.24, 2.45) is 5.73 Å². The van der Waals surface area contributed by atoms with Crippen molar-refractivity contribution < 1.29 is 18.0 Å². The lowest BCUT2D eigenvalue weighted by molar-refractivity contribution is 0.100. The van der Waals surface area contributed by atoms with Gasteiger partial charge in [0.25, 0.3) is 5.91 Å². The highest BCUT2D eigenvalue weighted by atomic mass is 19.2. The minimum atomic E-state index is -1.59. The van der Waals surface area contributed by atoms with Gasteiger partial charge in [-0.2, -0.15) is 0 Å². The van der Waals surface area contributed by atoms with E-state index in [9.17, 15) is 18.0 Å². The van der Waals surface area contributed by atoms with E-state index in [1.165, 1.54) is 0 Å². The molecule has 0 saturated heterocycles. The Bertz CT molecular complexity index is 652. The number of aromatic nitrogens is 2. The predicted molar refractivity (Wildman–Crippen MR) is 60.3 cm³/mol. The third kappa shape index (κ3) is 2.32. The molecule has 1 amide bonds. The summed E-state index contributed by atoms with van der Waals surface area (Å²) in [6.07, 6.45) is 1.03. The number of nitrogen functional groups attached to an aromatic ring is 1. The van der Waals surface area contributed by atoms with Crippen LogP contribution in [0.5, 0.6) is 0 Å². The summed E-state index contributed by atoms with van der Waals surface area (Å²) in [5, 5.41) is 0. The van der Waals surface area contributed by atoms with Crippen molar-refractivity contribution in [3.63, 3.8) is 0 Å². The van der Waals surface area contributed by atoms with Gasteiger partial charge in [0.2, 0.25) is 0 Å². The second kappa shape index (κ2) is 4.56. The van der Waals surface area contributed by atoms with E-state index in [1.54, 1.807) is 0 Å². The molecule has 0 unspecified atom stereocenters. The van der Waals surface area contributed by atoms with E-state index in [-0.39, 0.29) is 22.8 Å². The number of nitrogens with zero attached hydrogens (tertiary/aromatic N) is 2. The van der Waals surface area contributed by atoms with E-state index in [0.717, 1.165) is 18.3 Å². The standard InChI is InChI=1S/C11H7F3N4O/c12-6-1-4(2-7(13)8(6)14)11-17-3-5(10(16)19)9(15)18-11/h1-3H,(H2,16,19)(H2,15,17,18). The van der Waals surface area contributed by atoms with Crippen LogP contribution < -0.4 is 11.5 Å². The van der Waals surface area contributed by atoms with Gasteiger partial charge in [-0.3, -0.25) is 4.79 Å². The molecule has 0 bridgehead atoms. The van der Waals surface area contributed by atoms with E-state index >= 15 is 0 Å². The fourth-order valence-electron chi connectivity index (χ4n) is 1.41. The lowest BCUT2D eigenvalue weighted by Gasteiger charge is -2.05. The normalized spacial score (nSPS) is 10.5. The first-order chi connectivity index (χ1) is 8.90. The molecule has 19 heavy (non-hydrogen) atoms. The maximum absolute atomic E-state index is 13.1. The Balaban J connectivity index is 2.54. The highest BCUT2D eigenvalue weighted by molar-refractivity contribution is 5.96. The van der Waals surface area contributed by atoms with Gasteiger partial charge in [-0.05, 0) is 12.1 Å². The zero-order valence-corrected chi connectivity index (χ0v) is 9.32. The lowest BCUT2D eigenvalue weighted by Crippen LogP contribution is -2.15. The number of nitrogens with two attached hydrogens (primary N) is 2. The molecule has 0 atom stereocenters. The molecule has 0 aliphatic rings. The van der Waals surface area contributed by atoms with Crippen molar-refractivity contribution >= 4 is 11.7 Å². The summed E-state index contributed by atoms with van der Waals surface area (Å²) in [6, 6.07) is 1.44. The highest BCUT2D eigenvalue weighted by Crippen LogP contribution is 2.22. The summed E-state index contributed by atoms with van der Waals surface area (Å²) >= 11 is 0. The van der Waals surface area contributed by atoms with Gasteiger partial charge in [-0.15, -0.1) is 0 Å². The van der Waals surface area contributed by atoms with Crippen molar-refractivity contribution in [3.05, 3.63) is 41.3 Å². The molecular formula is C11H7F3N4O. The first-order valence-corrected chi connectivity index (χ1v) is 4.97. The number of anilines is 1. The summed E-state index contributed by atoms with van der Waals surface area (Å²) in [4.78, 5) is 18.3. The summed E-state index contributed by atoms with van der Waals surface area (Å²) in [5.74, 6) is -5.57. The smallest absolute Gasteiger partial charge is 0.254 e. The van der Waals surface area contributed by atoms with Crippen LogP contribution >= 0.6 is 0 Å². The molecule has 1 aromatic heterocycles. The first kappa shape index (κ1) is 12.8. The number of rotatable bonds is 2. The van der Waals surface area contributed by atoms with E-state index in [1.807, 2.05) is 0 Å². The highest BCUT2D eigenvalue weighted by Gasteiger charge is 2.15. The number of benzene rings is 1. The molecule has 1 heterocycles. The van der Waals surface area contributed by atoms with Gasteiger partial charge >= 0.3 is 0 Å². The zero-order chi connectivity index (χ0) is 14.2. The van der Waals surface area contributed by atoms with Crippen LogP contribution in [0, 0.1) is 17.5 Å². The molecular weight excluding hydrogens is 261 g/mol. The van der Waals surface area contributed by atoms with Crippen molar-refractivity contribution in [2.45, 2.75) is 0 Å². The van der Waals surface area contributed by atoms with Gasteiger partial charge in [0.1, 0.15) is 5.82 Å². The fourth-order valence-corrected chi connectivity index (χ4v) is 1.41. The Labute approximate surface area is 105 Å². The molecule has 0 aliphatic carbocycles. The van der Waals surface area contributed by atoms with Crippen molar-refractivity contribution in [1.29, 1.82) is 0 Å². The number of amides is 1. The third-order valence-corrected chi connectivity index (χ3v) is 2.33. The molecule has 1 aromatic carbocycles. The Kier molecular flexibility index (Phi) is 3.07. The van der Waals surface area contributed by atoms with Gasteiger partial charge in [0, 0.05) is 11.8 Å². The van der Waals surface area contributed by atoms with Crippen LogP contribution in [0.2, 0.25) is 0 Å². The monoisotopic (exact) mass is 268 g/mol. The molecule has 2 aromatic rings. The topological polar surface area (TPSA) is 94.9 Å². The molecule has 0 radical (unpaired) electrons. The number of primary amides is 1. The van der Waals surface area contributed by atoms with Crippen molar-refractivity contribution in [3.8, 4) is 11.4 Å². The minimum absolute atomic E-state index is 0.112. The van der Waals surface area contributed by atoms with E-state index in [0.29, 0.717) is 0 Å². The molecule has 98 valence electrons. The van der Waals surface area contributed by atoms with Crippen LogP contribution in [-0.2, 0) is 0 Å². The van der Waals surface area contributed by atoms with Crippen molar-refractivity contribution in [2.75, 3.05) is 5.73 Å². The minimum Gasteiger partial charge on any atom is -0.383 e. The van der Waals surface area contributed by atoms with Gasteiger partial charge < -0.3 is 11.5 Å². The predicted octanol–water partition coefficient (Wildman–Crippen LogP) is 1.24. The van der Waals surface area contributed by atoms with Crippen LogP contribution in [0.25, 0.3) is 11.4 Å². The molecule has 8 heteroatoms. The van der Waals surface area contributed by atoms with E-state index in [4.69, 9.17) is 11.5 Å². The average Bonchev–Trinajstić information content (AvgIpc) is 2.34. The van der Waals surface area contributed by atoms with Crippen LogP contribution in [-0.4, -0.2) is 15.9 Å². The summed E-state index contributed by atoms with van der Waals surface area (Å²) in [7, 11) is 0. The Morgan fingerprint density at radius 3 is 2.21 bits per heavy atom. The number of carbonyl (C=O) groups excluding carboxylic acids is 1. The summed E-state index contributed by atoms with van der Waals surface area (Å²) in [5.41, 5.74) is 10.2. The van der Waals surface area contributed by atoms with E-state index in [2.05, 4.69) is 9.97 Å². The number of hydrogen-bond donors (Lipinski definition) is 2. The maximum Gasteiger partial charge on any atom is 0.254 e. The van der Waals surface area contributed by atoms with E-state index < -0.39 is 23.4 Å². The molecule has 0 fully saturated rings. The molecule has 4 N–H and O–H groups in total. The maximum atomic E-state index is 13.1. The Morgan fingerprint density at radius 2 is 1.74 bits per heavy atom. The van der Waals surface area contributed by atoms with Gasteiger partial charge in [-0.25, -0.2) is 23.1 Å². The second-order valence-electron chi connectivity index (χ2n) is 3.61. The number of hydrogen-bond acceptors (Lipinski definition) is 4. The van der Waals surface area contributed by atoms with Gasteiger partial charge in [0.05, 0.1) is 5.56 Å². The molecule has 0 spiro atoms. The zero-order valence-electron chi connectivity index (χ0n) is 9.32. The average molecular weight is 268 g/mol. The third-order valence-electron chi connectivity index (χ3n) is 2.33. The van der Waals surface area contributed by atoms with Gasteiger partial charge in [-0.1, -0.05) is 0 Å². The van der Waals surface area contributed by atoms with Crippen LogP contribution in [0.3, 0.4) is 0 Å². The number of carbonyl (C=O) groups is 1. The first-order valence-electron chi connectivity index (χ1n) is 4.97. The molecule has 5 nitrogen and oxygen atoms in total. The largest absolute Gasteiger partial charge is 0.383 e. The Morgan fingerprint density at radius 1 is 1.16 bits per heavy atom. The number of halogens is 3. The molecule has 0 aliphatic heterocycles. The molecule has 2 rings (SSSR count). The second-order valence-corrected chi connectivity index (χ2v) is 3.61. The van der Waals surface area contributed by atoms with Crippen LogP contribution in [0.1, 0.15) is 10.4 Å². The SMILES string of the molecule is NC(=O)c1cnc(-c2cc(F)c(F)c(F)c2)nc1N. The Hall–Kier alpha value is -2.64. The van der Waals surface area contributed by atoms with Gasteiger partial charge in [0.15, 0.2) is 23.3 Å². The lowest BCUT2D eigenvalue weighted by atomic mass is 10.2.